The number of ether oxygens (including phenoxy) is 1. The third-order valence-corrected chi connectivity index (χ3v) is 3.51. The first-order valence-electron chi connectivity index (χ1n) is 7.80. The molecule has 2 unspecified atom stereocenters. The molecule has 3 atom stereocenters. The Morgan fingerprint density at radius 2 is 1.76 bits per heavy atom. The molecule has 1 N–H and O–H groups in total. The molecule has 1 aromatic carbocycles. The minimum absolute atomic E-state index is 0.152. The Bertz CT molecular complexity index is 384. The minimum Gasteiger partial charge on any atom is -0.368 e. The zero-order valence-corrected chi connectivity index (χ0v) is 14.4. The van der Waals surface area contributed by atoms with Gasteiger partial charge in [0, 0.05) is 5.38 Å². The van der Waals surface area contributed by atoms with Crippen LogP contribution in [0.4, 0.5) is 0 Å². The van der Waals surface area contributed by atoms with E-state index in [0.29, 0.717) is 12.3 Å². The summed E-state index contributed by atoms with van der Waals surface area (Å²) in [5.74, 6) is 0.470. The Morgan fingerprint density at radius 1 is 1.14 bits per heavy atom. The average molecular weight is 313 g/mol. The Labute approximate surface area is 134 Å². The molecule has 21 heavy (non-hydrogen) atoms. The number of halogens is 1. The van der Waals surface area contributed by atoms with Gasteiger partial charge in [-0.05, 0) is 64.9 Å². The van der Waals surface area contributed by atoms with E-state index in [1.807, 2.05) is 33.8 Å². The first-order chi connectivity index (χ1) is 9.76. The highest BCUT2D eigenvalue weighted by molar-refractivity contribution is 6.20. The van der Waals surface area contributed by atoms with E-state index in [4.69, 9.17) is 16.3 Å². The van der Waals surface area contributed by atoms with E-state index in [9.17, 15) is 5.11 Å². The molecule has 120 valence electrons. The lowest BCUT2D eigenvalue weighted by atomic mass is 9.90. The van der Waals surface area contributed by atoms with E-state index in [1.165, 1.54) is 5.56 Å². The zero-order chi connectivity index (χ0) is 15.9. The van der Waals surface area contributed by atoms with E-state index in [-0.39, 0.29) is 11.0 Å². The van der Waals surface area contributed by atoms with Crippen molar-refractivity contribution < 1.29 is 9.84 Å². The highest BCUT2D eigenvalue weighted by Gasteiger charge is 2.19. The minimum atomic E-state index is -0.700. The number of benzene rings is 1. The van der Waals surface area contributed by atoms with Crippen molar-refractivity contribution in [1.29, 1.82) is 0 Å². The summed E-state index contributed by atoms with van der Waals surface area (Å²) in [5.41, 5.74) is 1.01. The Kier molecular flexibility index (Phi) is 7.72. The van der Waals surface area contributed by atoms with Crippen molar-refractivity contribution in [2.75, 3.05) is 0 Å². The van der Waals surface area contributed by atoms with Gasteiger partial charge in [0.05, 0.1) is 5.60 Å². The van der Waals surface area contributed by atoms with E-state index in [1.54, 1.807) is 0 Å². The summed E-state index contributed by atoms with van der Waals surface area (Å²) in [5, 5.41) is 10.1. The van der Waals surface area contributed by atoms with Crippen molar-refractivity contribution in [3.05, 3.63) is 35.9 Å². The van der Waals surface area contributed by atoms with Crippen molar-refractivity contribution in [3.63, 3.8) is 0 Å². The van der Waals surface area contributed by atoms with Gasteiger partial charge in [-0.2, -0.15) is 0 Å². The lowest BCUT2D eigenvalue weighted by molar-refractivity contribution is -0.169. The summed E-state index contributed by atoms with van der Waals surface area (Å²) >= 11 is 6.17. The second kappa shape index (κ2) is 8.77. The van der Waals surface area contributed by atoms with E-state index in [0.717, 1.165) is 19.3 Å². The van der Waals surface area contributed by atoms with Crippen molar-refractivity contribution >= 4 is 11.6 Å². The van der Waals surface area contributed by atoms with Crippen LogP contribution >= 0.6 is 11.6 Å². The van der Waals surface area contributed by atoms with Crippen molar-refractivity contribution in [1.82, 2.24) is 0 Å². The molecule has 0 bridgehead atoms. The van der Waals surface area contributed by atoms with E-state index in [2.05, 4.69) is 24.3 Å². The Morgan fingerprint density at radius 3 is 2.29 bits per heavy atom. The number of aliphatic hydroxyl groups excluding tert-OH is 1. The number of rotatable bonds is 8. The van der Waals surface area contributed by atoms with Gasteiger partial charge in [-0.1, -0.05) is 30.3 Å². The van der Waals surface area contributed by atoms with Crippen molar-refractivity contribution in [2.24, 2.45) is 5.92 Å². The molecule has 0 saturated carbocycles. The molecular weight excluding hydrogens is 284 g/mol. The maximum atomic E-state index is 9.98. The maximum Gasteiger partial charge on any atom is 0.155 e. The lowest BCUT2D eigenvalue weighted by Crippen LogP contribution is -2.27. The van der Waals surface area contributed by atoms with Gasteiger partial charge in [-0.25, -0.2) is 0 Å². The quantitative estimate of drug-likeness (QED) is 0.553. The maximum absolute atomic E-state index is 9.98. The highest BCUT2D eigenvalue weighted by Crippen LogP contribution is 2.23. The summed E-state index contributed by atoms with van der Waals surface area (Å²) in [6, 6.07) is 10.5. The highest BCUT2D eigenvalue weighted by atomic mass is 35.5. The monoisotopic (exact) mass is 312 g/mol. The third-order valence-electron chi connectivity index (χ3n) is 3.34. The van der Waals surface area contributed by atoms with Crippen LogP contribution in [-0.2, 0) is 11.2 Å². The molecule has 1 rings (SSSR count). The Hall–Kier alpha value is -0.570. The van der Waals surface area contributed by atoms with E-state index < -0.39 is 6.29 Å². The van der Waals surface area contributed by atoms with Crippen molar-refractivity contribution in [2.45, 2.75) is 70.6 Å². The van der Waals surface area contributed by atoms with Crippen molar-refractivity contribution in [3.8, 4) is 0 Å². The topological polar surface area (TPSA) is 29.5 Å². The fourth-order valence-electron chi connectivity index (χ4n) is 2.56. The fourth-order valence-corrected chi connectivity index (χ4v) is 2.81. The predicted molar refractivity (Wildman–Crippen MR) is 89.6 cm³/mol. The van der Waals surface area contributed by atoms with Gasteiger partial charge in [0.25, 0.3) is 0 Å². The third kappa shape index (κ3) is 9.13. The smallest absolute Gasteiger partial charge is 0.155 e. The van der Waals surface area contributed by atoms with Gasteiger partial charge >= 0.3 is 0 Å². The molecular formula is C18H29ClO2. The molecule has 0 aromatic heterocycles. The summed E-state index contributed by atoms with van der Waals surface area (Å²) < 4.78 is 5.57. The predicted octanol–water partition coefficient (Wildman–Crippen LogP) is 4.78. The molecule has 0 spiro atoms. The number of alkyl halides is 1. The van der Waals surface area contributed by atoms with Crippen LogP contribution in [0.25, 0.3) is 0 Å². The lowest BCUT2D eigenvalue weighted by Gasteiger charge is -2.26. The average Bonchev–Trinajstić information content (AvgIpc) is 2.34. The molecule has 2 nitrogen and oxygen atoms in total. The normalized spacial score (nSPS) is 16.5. The van der Waals surface area contributed by atoms with Crippen LogP contribution in [0.1, 0.15) is 52.5 Å². The fraction of sp³-hybridized carbons (Fsp3) is 0.667. The van der Waals surface area contributed by atoms with Crippen LogP contribution in [0.5, 0.6) is 0 Å². The van der Waals surface area contributed by atoms with Crippen LogP contribution < -0.4 is 0 Å². The van der Waals surface area contributed by atoms with Gasteiger partial charge in [0.2, 0.25) is 0 Å². The zero-order valence-electron chi connectivity index (χ0n) is 13.7. The molecule has 0 aliphatic heterocycles. The van der Waals surface area contributed by atoms with E-state index >= 15 is 0 Å². The second-order valence-electron chi connectivity index (χ2n) is 6.83. The molecule has 0 saturated heterocycles. The van der Waals surface area contributed by atoms with Gasteiger partial charge in [-0.3, -0.25) is 0 Å². The molecule has 0 heterocycles. The molecule has 3 heteroatoms. The van der Waals surface area contributed by atoms with Crippen LogP contribution in [0.15, 0.2) is 30.3 Å². The summed E-state index contributed by atoms with van der Waals surface area (Å²) in [7, 11) is 0. The van der Waals surface area contributed by atoms with Crippen LogP contribution in [-0.4, -0.2) is 22.4 Å². The Balaban J connectivity index is 2.50. The summed E-state index contributed by atoms with van der Waals surface area (Å²) in [6.07, 6.45) is 2.83. The number of hydrogen-bond acceptors (Lipinski definition) is 2. The van der Waals surface area contributed by atoms with Crippen LogP contribution in [0, 0.1) is 5.92 Å². The van der Waals surface area contributed by atoms with Crippen LogP contribution in [0.2, 0.25) is 0 Å². The number of hydrogen-bond donors (Lipinski definition) is 1. The molecule has 0 amide bonds. The molecule has 1 aromatic rings. The summed E-state index contributed by atoms with van der Waals surface area (Å²) in [4.78, 5) is 0. The standard InChI is InChI=1S/C18H29ClO2/c1-14(19)12-16(13-15-8-6-5-7-9-15)10-11-17(20)21-18(2,3)4/h5-9,14,16-17,20H,10-13H2,1-4H3/t14?,16?,17-/m0/s1. The van der Waals surface area contributed by atoms with Gasteiger partial charge < -0.3 is 9.84 Å². The van der Waals surface area contributed by atoms with Crippen LogP contribution in [0.3, 0.4) is 0 Å². The molecule has 0 fully saturated rings. The van der Waals surface area contributed by atoms with Gasteiger partial charge in [0.1, 0.15) is 0 Å². The largest absolute Gasteiger partial charge is 0.368 e. The summed E-state index contributed by atoms with van der Waals surface area (Å²) in [6.45, 7) is 7.90. The SMILES string of the molecule is CC(Cl)CC(CC[C@@H](O)OC(C)(C)C)Cc1ccccc1. The molecule has 0 aliphatic carbocycles. The second-order valence-corrected chi connectivity index (χ2v) is 7.58. The number of aliphatic hydroxyl groups is 1. The van der Waals surface area contributed by atoms with Gasteiger partial charge in [0.15, 0.2) is 6.29 Å². The van der Waals surface area contributed by atoms with Gasteiger partial charge in [-0.15, -0.1) is 11.6 Å². The molecule has 0 radical (unpaired) electrons. The molecule has 0 aliphatic rings. The first kappa shape index (κ1) is 18.5. The first-order valence-corrected chi connectivity index (χ1v) is 8.24.